The van der Waals surface area contributed by atoms with E-state index >= 15 is 0 Å². The normalized spacial score (nSPS) is 11.7. The highest BCUT2D eigenvalue weighted by atomic mass is 16.3. The van der Waals surface area contributed by atoms with Gasteiger partial charge < -0.3 is 5.11 Å². The molecule has 4 heteroatoms. The minimum absolute atomic E-state index is 0.0487. The van der Waals surface area contributed by atoms with Crippen LogP contribution in [0.5, 0.6) is 5.75 Å². The number of benzene rings is 4. The number of nitrogens with zero attached hydrogens (tertiary/aromatic N) is 3. The number of imidazole rings is 1. The van der Waals surface area contributed by atoms with Crippen molar-refractivity contribution in [1.29, 1.82) is 0 Å². The summed E-state index contributed by atoms with van der Waals surface area (Å²) in [4.78, 5) is 9.88. The molecule has 6 aromatic rings. The minimum Gasteiger partial charge on any atom is -0.507 e. The van der Waals surface area contributed by atoms with Crippen molar-refractivity contribution in [3.8, 4) is 45.2 Å². The van der Waals surface area contributed by atoms with Gasteiger partial charge in [-0.1, -0.05) is 63.2 Å². The van der Waals surface area contributed by atoms with Crippen LogP contribution in [-0.4, -0.2) is 19.6 Å². The van der Waals surface area contributed by atoms with Crippen LogP contribution in [0.15, 0.2) is 103 Å². The van der Waals surface area contributed by atoms with E-state index in [1.807, 2.05) is 36.5 Å². The smallest absolute Gasteiger partial charge is 0.149 e. The van der Waals surface area contributed by atoms with Crippen molar-refractivity contribution < 1.29 is 5.11 Å². The maximum absolute atomic E-state index is 10.9. The average Bonchev–Trinajstić information content (AvgIpc) is 3.32. The minimum atomic E-state index is -0.0487. The number of fused-ring (bicyclic) bond motifs is 1. The molecule has 198 valence electrons. The molecule has 0 spiro atoms. The van der Waals surface area contributed by atoms with Gasteiger partial charge in [0.1, 0.15) is 11.6 Å². The van der Waals surface area contributed by atoms with Gasteiger partial charge in [-0.2, -0.15) is 0 Å². The van der Waals surface area contributed by atoms with Gasteiger partial charge in [0.05, 0.1) is 22.3 Å². The first-order valence-electron chi connectivity index (χ1n) is 13.6. The Morgan fingerprint density at radius 2 is 1.40 bits per heavy atom. The van der Waals surface area contributed by atoms with E-state index in [2.05, 4.69) is 105 Å². The van der Waals surface area contributed by atoms with Crippen LogP contribution in [0.4, 0.5) is 0 Å². The maximum atomic E-state index is 10.9. The zero-order valence-electron chi connectivity index (χ0n) is 23.6. The number of rotatable bonds is 4. The van der Waals surface area contributed by atoms with Crippen molar-refractivity contribution in [3.63, 3.8) is 0 Å². The summed E-state index contributed by atoms with van der Waals surface area (Å²) in [5.74, 6) is 0.916. The summed E-state index contributed by atoms with van der Waals surface area (Å²) in [5, 5.41) is 10.9. The van der Waals surface area contributed by atoms with E-state index in [0.717, 1.165) is 39.1 Å². The summed E-state index contributed by atoms with van der Waals surface area (Å²) in [5.41, 5.74) is 11.3. The van der Waals surface area contributed by atoms with Gasteiger partial charge in [0.2, 0.25) is 0 Å². The van der Waals surface area contributed by atoms with Gasteiger partial charge in [0.25, 0.3) is 0 Å². The Labute approximate surface area is 235 Å². The van der Waals surface area contributed by atoms with Crippen LogP contribution in [0.25, 0.3) is 50.5 Å². The van der Waals surface area contributed by atoms with Gasteiger partial charge in [0, 0.05) is 23.0 Å². The summed E-state index contributed by atoms with van der Waals surface area (Å²) >= 11 is 0. The third-order valence-electron chi connectivity index (χ3n) is 7.37. The fourth-order valence-electron chi connectivity index (χ4n) is 5.41. The van der Waals surface area contributed by atoms with Gasteiger partial charge >= 0.3 is 0 Å². The fourth-order valence-corrected chi connectivity index (χ4v) is 5.41. The van der Waals surface area contributed by atoms with Gasteiger partial charge in [-0.25, -0.2) is 4.98 Å². The molecule has 6 rings (SSSR count). The monoisotopic (exact) mass is 523 g/mol. The van der Waals surface area contributed by atoms with E-state index < -0.39 is 0 Å². The zero-order chi connectivity index (χ0) is 28.0. The van der Waals surface area contributed by atoms with E-state index in [0.29, 0.717) is 11.4 Å². The Hall–Kier alpha value is -4.70. The topological polar surface area (TPSA) is 50.9 Å². The van der Waals surface area contributed by atoms with Crippen LogP contribution < -0.4 is 0 Å². The molecule has 0 saturated carbocycles. The number of aromatic nitrogens is 3. The standard InChI is InChI=1S/C36H33N3O/c1-23-17-24(2)19-28(18-23)39-32-14-10-12-29(34(32)38-35(39)30-11-6-7-15-33(30)40)25-20-26(31-13-8-9-16-37-31)22-27(21-25)36(3,4)5/h6-22,40H,1-5H3. The number of pyridine rings is 1. The third-order valence-corrected chi connectivity index (χ3v) is 7.37. The molecular formula is C36H33N3O. The first kappa shape index (κ1) is 25.6. The van der Waals surface area contributed by atoms with Crippen LogP contribution in [-0.2, 0) is 5.41 Å². The largest absolute Gasteiger partial charge is 0.507 e. The molecule has 0 atom stereocenters. The predicted octanol–water partition coefficient (Wildman–Crippen LogP) is 9.04. The van der Waals surface area contributed by atoms with E-state index in [1.165, 1.54) is 16.7 Å². The van der Waals surface area contributed by atoms with E-state index in [1.54, 1.807) is 6.07 Å². The summed E-state index contributed by atoms with van der Waals surface area (Å²) in [6.45, 7) is 10.9. The Morgan fingerprint density at radius 1 is 0.700 bits per heavy atom. The van der Waals surface area contributed by atoms with Crippen molar-refractivity contribution in [3.05, 3.63) is 120 Å². The second kappa shape index (κ2) is 9.80. The molecule has 4 nitrogen and oxygen atoms in total. The molecule has 0 saturated heterocycles. The second-order valence-electron chi connectivity index (χ2n) is 11.6. The molecule has 0 bridgehead atoms. The van der Waals surface area contributed by atoms with Crippen molar-refractivity contribution >= 4 is 11.0 Å². The fraction of sp³-hybridized carbons (Fsp3) is 0.167. The lowest BCUT2D eigenvalue weighted by molar-refractivity contribution is 0.477. The number of phenols is 1. The lowest BCUT2D eigenvalue weighted by atomic mass is 9.83. The number of phenolic OH excluding ortho intramolecular Hbond substituents is 1. The molecule has 0 amide bonds. The number of para-hydroxylation sites is 2. The molecule has 0 radical (unpaired) electrons. The van der Waals surface area contributed by atoms with Crippen LogP contribution in [0.2, 0.25) is 0 Å². The summed E-state index contributed by atoms with van der Waals surface area (Å²) in [6, 6.07) is 33.0. The van der Waals surface area contributed by atoms with Crippen molar-refractivity contribution in [2.75, 3.05) is 0 Å². The highest BCUT2D eigenvalue weighted by Gasteiger charge is 2.22. The maximum Gasteiger partial charge on any atom is 0.149 e. The van der Waals surface area contributed by atoms with Gasteiger partial charge in [-0.3, -0.25) is 9.55 Å². The van der Waals surface area contributed by atoms with Crippen molar-refractivity contribution in [2.45, 2.75) is 40.0 Å². The summed E-state index contributed by atoms with van der Waals surface area (Å²) in [6.07, 6.45) is 1.84. The first-order valence-corrected chi connectivity index (χ1v) is 13.6. The Balaban J connectivity index is 1.67. The number of aryl methyl sites for hydroxylation is 2. The van der Waals surface area contributed by atoms with Gasteiger partial charge in [0.15, 0.2) is 0 Å². The van der Waals surface area contributed by atoms with Crippen LogP contribution in [0.3, 0.4) is 0 Å². The summed E-state index contributed by atoms with van der Waals surface area (Å²) in [7, 11) is 0. The number of hydrogen-bond acceptors (Lipinski definition) is 3. The van der Waals surface area contributed by atoms with Gasteiger partial charge in [-0.05, 0) is 96.1 Å². The zero-order valence-corrected chi connectivity index (χ0v) is 23.6. The molecule has 2 heterocycles. The molecule has 1 N–H and O–H groups in total. The predicted molar refractivity (Wildman–Crippen MR) is 165 cm³/mol. The highest BCUT2D eigenvalue weighted by molar-refractivity contribution is 5.96. The molecule has 4 aromatic carbocycles. The molecule has 2 aromatic heterocycles. The third kappa shape index (κ3) is 4.66. The van der Waals surface area contributed by atoms with Crippen LogP contribution in [0.1, 0.15) is 37.5 Å². The van der Waals surface area contributed by atoms with E-state index in [-0.39, 0.29) is 11.2 Å². The molecule has 0 unspecified atom stereocenters. The van der Waals surface area contributed by atoms with Crippen LogP contribution in [0, 0.1) is 13.8 Å². The van der Waals surface area contributed by atoms with Crippen LogP contribution >= 0.6 is 0 Å². The Morgan fingerprint density at radius 3 is 2.10 bits per heavy atom. The second-order valence-corrected chi connectivity index (χ2v) is 11.6. The molecule has 0 aliphatic rings. The molecule has 0 aliphatic carbocycles. The Kier molecular flexibility index (Phi) is 6.26. The quantitative estimate of drug-likeness (QED) is 0.251. The molecular weight excluding hydrogens is 490 g/mol. The highest BCUT2D eigenvalue weighted by Crippen LogP contribution is 2.39. The lowest BCUT2D eigenvalue weighted by Crippen LogP contribution is -2.11. The average molecular weight is 524 g/mol. The van der Waals surface area contributed by atoms with Gasteiger partial charge in [-0.15, -0.1) is 0 Å². The van der Waals surface area contributed by atoms with E-state index in [4.69, 9.17) is 4.98 Å². The molecule has 0 fully saturated rings. The van der Waals surface area contributed by atoms with Crippen molar-refractivity contribution in [2.24, 2.45) is 0 Å². The SMILES string of the molecule is Cc1cc(C)cc(-n2c(-c3ccccc3O)nc3c(-c4cc(-c5ccccn5)cc(C(C)(C)C)c4)cccc32)c1. The number of hydrogen-bond donors (Lipinski definition) is 1. The number of aromatic hydroxyl groups is 1. The van der Waals surface area contributed by atoms with E-state index in [9.17, 15) is 5.11 Å². The molecule has 40 heavy (non-hydrogen) atoms. The summed E-state index contributed by atoms with van der Waals surface area (Å²) < 4.78 is 2.17. The van der Waals surface area contributed by atoms with Crippen molar-refractivity contribution in [1.82, 2.24) is 14.5 Å². The lowest BCUT2D eigenvalue weighted by Gasteiger charge is -2.21. The first-order chi connectivity index (χ1) is 19.2. The molecule has 0 aliphatic heterocycles. The Bertz CT molecular complexity index is 1840.